The molecule has 0 aliphatic rings. The van der Waals surface area contributed by atoms with E-state index in [-0.39, 0.29) is 5.56 Å². The molecule has 1 aromatic heterocycles. The number of aromatic nitrogens is 1. The maximum absolute atomic E-state index is 13.1. The fraction of sp³-hybridized carbons (Fsp3) is 0.176. The van der Waals surface area contributed by atoms with Crippen LogP contribution in [-0.4, -0.2) is 17.4 Å². The maximum Gasteiger partial charge on any atom is 0.251 e. The summed E-state index contributed by atoms with van der Waals surface area (Å²) in [5.74, 6) is -1.86. The van der Waals surface area contributed by atoms with Gasteiger partial charge < -0.3 is 9.73 Å². The van der Waals surface area contributed by atoms with Crippen LogP contribution in [-0.2, 0) is 6.42 Å². The van der Waals surface area contributed by atoms with Crippen LogP contribution >= 0.6 is 0 Å². The van der Waals surface area contributed by atoms with Crippen molar-refractivity contribution in [3.63, 3.8) is 0 Å². The van der Waals surface area contributed by atoms with E-state index in [9.17, 15) is 13.6 Å². The van der Waals surface area contributed by atoms with Gasteiger partial charge in [-0.25, -0.2) is 13.8 Å². The first kappa shape index (κ1) is 15.1. The molecule has 1 heterocycles. The zero-order valence-corrected chi connectivity index (χ0v) is 12.4. The van der Waals surface area contributed by atoms with Crippen LogP contribution in [0, 0.1) is 18.6 Å². The van der Waals surface area contributed by atoms with Crippen LogP contribution in [0.15, 0.2) is 40.8 Å². The molecule has 0 bridgehead atoms. The molecule has 2 aromatic carbocycles. The quantitative estimate of drug-likeness (QED) is 0.803. The summed E-state index contributed by atoms with van der Waals surface area (Å²) in [7, 11) is 0. The van der Waals surface area contributed by atoms with Crippen molar-refractivity contribution >= 4 is 17.0 Å². The van der Waals surface area contributed by atoms with Crippen molar-refractivity contribution < 1.29 is 18.0 Å². The predicted octanol–water partition coefficient (Wildman–Crippen LogP) is 3.39. The van der Waals surface area contributed by atoms with Crippen molar-refractivity contribution in [2.75, 3.05) is 6.54 Å². The summed E-state index contributed by atoms with van der Waals surface area (Å²) in [5.41, 5.74) is 2.56. The number of rotatable bonds is 4. The average Bonchev–Trinajstić information content (AvgIpc) is 2.89. The summed E-state index contributed by atoms with van der Waals surface area (Å²) in [6, 6.07) is 8.71. The van der Waals surface area contributed by atoms with Gasteiger partial charge in [-0.3, -0.25) is 4.79 Å². The molecule has 4 nitrogen and oxygen atoms in total. The molecule has 0 saturated carbocycles. The van der Waals surface area contributed by atoms with E-state index < -0.39 is 17.5 Å². The second-order valence-corrected chi connectivity index (χ2v) is 5.17. The first-order valence-electron chi connectivity index (χ1n) is 7.12. The van der Waals surface area contributed by atoms with Gasteiger partial charge in [-0.15, -0.1) is 0 Å². The molecule has 3 aromatic rings. The second kappa shape index (κ2) is 6.16. The van der Waals surface area contributed by atoms with Gasteiger partial charge in [0.1, 0.15) is 5.52 Å². The van der Waals surface area contributed by atoms with Crippen LogP contribution < -0.4 is 5.32 Å². The van der Waals surface area contributed by atoms with Crippen LogP contribution in [0.2, 0.25) is 0 Å². The number of benzene rings is 2. The number of hydrogen-bond donors (Lipinski definition) is 1. The van der Waals surface area contributed by atoms with Gasteiger partial charge in [0.15, 0.2) is 23.1 Å². The zero-order valence-electron chi connectivity index (χ0n) is 12.4. The monoisotopic (exact) mass is 316 g/mol. The topological polar surface area (TPSA) is 55.1 Å². The summed E-state index contributed by atoms with van der Waals surface area (Å²) in [4.78, 5) is 16.1. The lowest BCUT2D eigenvalue weighted by atomic mass is 10.1. The van der Waals surface area contributed by atoms with E-state index in [4.69, 9.17) is 4.42 Å². The number of fused-ring (bicyclic) bond motifs is 1. The molecule has 0 saturated heterocycles. The van der Waals surface area contributed by atoms with E-state index in [2.05, 4.69) is 10.3 Å². The molecule has 1 amide bonds. The van der Waals surface area contributed by atoms with Crippen molar-refractivity contribution in [2.45, 2.75) is 13.3 Å². The highest BCUT2D eigenvalue weighted by Crippen LogP contribution is 2.17. The molecule has 1 N–H and O–H groups in total. The smallest absolute Gasteiger partial charge is 0.251 e. The molecule has 23 heavy (non-hydrogen) atoms. The van der Waals surface area contributed by atoms with Crippen LogP contribution in [0.1, 0.15) is 21.8 Å². The Morgan fingerprint density at radius 3 is 2.78 bits per heavy atom. The van der Waals surface area contributed by atoms with E-state index in [0.29, 0.717) is 24.4 Å². The highest BCUT2D eigenvalue weighted by Gasteiger charge is 2.09. The normalized spacial score (nSPS) is 10.9. The Labute approximate surface area is 131 Å². The molecule has 6 heteroatoms. The first-order chi connectivity index (χ1) is 11.0. The molecule has 0 fully saturated rings. The molecule has 0 unspecified atom stereocenters. The van der Waals surface area contributed by atoms with Crippen molar-refractivity contribution in [2.24, 2.45) is 0 Å². The molecule has 0 aliphatic carbocycles. The van der Waals surface area contributed by atoms with E-state index in [1.54, 1.807) is 6.92 Å². The lowest BCUT2D eigenvalue weighted by molar-refractivity contribution is 0.0953. The molecule has 0 atom stereocenters. The third kappa shape index (κ3) is 3.36. The Bertz CT molecular complexity index is 874. The Hall–Kier alpha value is -2.76. The minimum absolute atomic E-state index is 0.0882. The molecular formula is C17H14F2N2O2. The van der Waals surface area contributed by atoms with Crippen LogP contribution in [0.3, 0.4) is 0 Å². The number of carbonyl (C=O) groups excluding carboxylic acids is 1. The van der Waals surface area contributed by atoms with Crippen LogP contribution in [0.5, 0.6) is 0 Å². The predicted molar refractivity (Wildman–Crippen MR) is 81.1 cm³/mol. The number of halogens is 2. The van der Waals surface area contributed by atoms with Crippen molar-refractivity contribution in [3.8, 4) is 0 Å². The van der Waals surface area contributed by atoms with E-state index in [1.807, 2.05) is 18.2 Å². The third-order valence-corrected chi connectivity index (χ3v) is 3.44. The van der Waals surface area contributed by atoms with Gasteiger partial charge in [0.05, 0.1) is 0 Å². The van der Waals surface area contributed by atoms with Gasteiger partial charge in [0.25, 0.3) is 5.91 Å². The number of amides is 1. The molecule has 118 valence electrons. The first-order valence-corrected chi connectivity index (χ1v) is 7.12. The molecule has 0 radical (unpaired) electrons. The van der Waals surface area contributed by atoms with Crippen molar-refractivity contribution in [3.05, 3.63) is 65.1 Å². The lowest BCUT2D eigenvalue weighted by Crippen LogP contribution is -2.25. The number of aryl methyl sites for hydroxylation is 1. The SMILES string of the molecule is Cc1nc2ccc(CCNC(=O)c3ccc(F)c(F)c3)cc2o1. The fourth-order valence-electron chi connectivity index (χ4n) is 2.30. The Kier molecular flexibility index (Phi) is 4.06. The Morgan fingerprint density at radius 1 is 1.17 bits per heavy atom. The maximum atomic E-state index is 13.1. The van der Waals surface area contributed by atoms with Crippen molar-refractivity contribution in [1.82, 2.24) is 10.3 Å². The summed E-state index contributed by atoms with van der Waals surface area (Å²) in [6.45, 7) is 2.15. The molecule has 0 spiro atoms. The van der Waals surface area contributed by atoms with Crippen molar-refractivity contribution in [1.29, 1.82) is 0 Å². The van der Waals surface area contributed by atoms with E-state index in [1.165, 1.54) is 6.07 Å². The highest BCUT2D eigenvalue weighted by molar-refractivity contribution is 5.94. The number of nitrogens with zero attached hydrogens (tertiary/aromatic N) is 1. The summed E-state index contributed by atoms with van der Waals surface area (Å²) in [5, 5.41) is 2.67. The zero-order chi connectivity index (χ0) is 16.4. The number of nitrogens with one attached hydrogen (secondary N) is 1. The van der Waals surface area contributed by atoms with Gasteiger partial charge in [0, 0.05) is 19.0 Å². The van der Waals surface area contributed by atoms with Gasteiger partial charge in [0.2, 0.25) is 0 Å². The molecule has 3 rings (SSSR count). The Morgan fingerprint density at radius 2 is 2.00 bits per heavy atom. The van der Waals surface area contributed by atoms with Gasteiger partial charge in [-0.05, 0) is 42.3 Å². The molecular weight excluding hydrogens is 302 g/mol. The van der Waals surface area contributed by atoms with E-state index >= 15 is 0 Å². The second-order valence-electron chi connectivity index (χ2n) is 5.17. The average molecular weight is 316 g/mol. The standard InChI is InChI=1S/C17H14F2N2O2/c1-10-21-15-5-2-11(8-16(15)23-10)6-7-20-17(22)12-3-4-13(18)14(19)9-12/h2-5,8-9H,6-7H2,1H3,(H,20,22). The fourth-order valence-corrected chi connectivity index (χ4v) is 2.30. The number of oxazole rings is 1. The number of hydrogen-bond acceptors (Lipinski definition) is 3. The van der Waals surface area contributed by atoms with Gasteiger partial charge in [-0.1, -0.05) is 6.07 Å². The minimum atomic E-state index is -1.04. The summed E-state index contributed by atoms with van der Waals surface area (Å²) in [6.07, 6.45) is 0.588. The number of carbonyl (C=O) groups is 1. The minimum Gasteiger partial charge on any atom is -0.441 e. The summed E-state index contributed by atoms with van der Waals surface area (Å²) < 4.78 is 31.4. The largest absolute Gasteiger partial charge is 0.441 e. The molecule has 0 aliphatic heterocycles. The Balaban J connectivity index is 1.61. The van der Waals surface area contributed by atoms with E-state index in [0.717, 1.165) is 23.2 Å². The van der Waals surface area contributed by atoms with Gasteiger partial charge in [-0.2, -0.15) is 0 Å². The summed E-state index contributed by atoms with van der Waals surface area (Å²) >= 11 is 0. The third-order valence-electron chi connectivity index (χ3n) is 3.44. The highest BCUT2D eigenvalue weighted by atomic mass is 19.2. The van der Waals surface area contributed by atoms with Crippen LogP contribution in [0.4, 0.5) is 8.78 Å². The van der Waals surface area contributed by atoms with Crippen LogP contribution in [0.25, 0.3) is 11.1 Å². The van der Waals surface area contributed by atoms with Gasteiger partial charge >= 0.3 is 0 Å². The lowest BCUT2D eigenvalue weighted by Gasteiger charge is -2.06.